The first-order chi connectivity index (χ1) is 12.5. The number of nitrogens with one attached hydrogen (secondary N) is 2. The largest absolute Gasteiger partial charge is 0.355 e. The Balaban J connectivity index is 1.70. The number of hydrogen-bond donors (Lipinski definition) is 2. The summed E-state index contributed by atoms with van der Waals surface area (Å²) in [5.41, 5.74) is 0. The van der Waals surface area contributed by atoms with Gasteiger partial charge in [-0.2, -0.15) is 0 Å². The predicted octanol–water partition coefficient (Wildman–Crippen LogP) is 3.19. The Hall–Kier alpha value is -0.800. The highest BCUT2D eigenvalue weighted by Crippen LogP contribution is 2.30. The summed E-state index contributed by atoms with van der Waals surface area (Å²) in [5, 5.41) is 14.2. The monoisotopic (exact) mass is 416 g/mol. The third-order valence-corrected chi connectivity index (χ3v) is 7.86. The van der Waals surface area contributed by atoms with Crippen molar-refractivity contribution in [1.82, 2.24) is 20.8 Å². The van der Waals surface area contributed by atoms with Crippen LogP contribution in [0.4, 0.5) is 0 Å². The summed E-state index contributed by atoms with van der Waals surface area (Å²) in [7, 11) is 0. The van der Waals surface area contributed by atoms with Crippen molar-refractivity contribution in [3.63, 3.8) is 0 Å². The number of thioether (sulfide) groups is 2. The molecule has 1 heterocycles. The van der Waals surface area contributed by atoms with E-state index in [1.807, 2.05) is 6.92 Å². The van der Waals surface area contributed by atoms with E-state index in [0.29, 0.717) is 29.9 Å². The van der Waals surface area contributed by atoms with Gasteiger partial charge in [0, 0.05) is 12.6 Å². The molecule has 2 rings (SSSR count). The summed E-state index contributed by atoms with van der Waals surface area (Å²) in [6.07, 6.45) is 4.44. The Labute approximate surface area is 168 Å². The van der Waals surface area contributed by atoms with Crippen LogP contribution in [0.1, 0.15) is 46.5 Å². The first-order valence-corrected chi connectivity index (χ1v) is 11.9. The van der Waals surface area contributed by atoms with E-state index in [0.717, 1.165) is 21.5 Å². The highest BCUT2D eigenvalue weighted by atomic mass is 32.2. The molecule has 2 N–H and O–H groups in total. The van der Waals surface area contributed by atoms with Crippen LogP contribution in [0.15, 0.2) is 8.68 Å². The number of rotatable bonds is 9. The molecule has 3 atom stereocenters. The molecule has 0 unspecified atom stereocenters. The van der Waals surface area contributed by atoms with E-state index in [1.165, 1.54) is 47.7 Å². The fourth-order valence-corrected chi connectivity index (χ4v) is 5.58. The molecule has 0 aliphatic heterocycles. The second kappa shape index (κ2) is 11.1. The highest BCUT2D eigenvalue weighted by Gasteiger charge is 2.28. The molecule has 1 fully saturated rings. The van der Waals surface area contributed by atoms with Crippen molar-refractivity contribution in [3.8, 4) is 0 Å². The van der Waals surface area contributed by atoms with Crippen molar-refractivity contribution >= 4 is 46.7 Å². The van der Waals surface area contributed by atoms with Crippen LogP contribution >= 0.6 is 34.9 Å². The molecule has 1 aromatic rings. The van der Waals surface area contributed by atoms with Crippen molar-refractivity contribution in [2.45, 2.75) is 61.2 Å². The van der Waals surface area contributed by atoms with Gasteiger partial charge in [0.05, 0.1) is 11.5 Å². The van der Waals surface area contributed by atoms with E-state index in [-0.39, 0.29) is 17.9 Å². The molecule has 2 amide bonds. The second-order valence-corrected chi connectivity index (χ2v) is 10.1. The van der Waals surface area contributed by atoms with Crippen molar-refractivity contribution in [1.29, 1.82) is 0 Å². The van der Waals surface area contributed by atoms with Gasteiger partial charge < -0.3 is 10.6 Å². The molecule has 0 spiro atoms. The molecule has 0 bridgehead atoms. The van der Waals surface area contributed by atoms with Crippen LogP contribution in [-0.4, -0.2) is 46.1 Å². The van der Waals surface area contributed by atoms with Gasteiger partial charge in [-0.1, -0.05) is 68.5 Å². The van der Waals surface area contributed by atoms with Crippen LogP contribution in [0.5, 0.6) is 0 Å². The summed E-state index contributed by atoms with van der Waals surface area (Å²) in [6, 6.07) is 0.286. The molecule has 6 nitrogen and oxygen atoms in total. The highest BCUT2D eigenvalue weighted by molar-refractivity contribution is 8.03. The summed E-state index contributed by atoms with van der Waals surface area (Å²) in [4.78, 5) is 23.8. The Morgan fingerprint density at radius 1 is 1.12 bits per heavy atom. The standard InChI is InChI=1S/C17H28N4O2S3/c1-4-8-18-14(22)9-24-16-20-21-17(26-16)25-10-15(23)19-13-7-5-6-11(2)12(13)3/h11-13H,4-10H2,1-3H3,(H,18,22)(H,19,23)/t11-,12+,13+/m1/s1. The van der Waals surface area contributed by atoms with Crippen molar-refractivity contribution in [2.24, 2.45) is 11.8 Å². The van der Waals surface area contributed by atoms with Crippen molar-refractivity contribution in [2.75, 3.05) is 18.1 Å². The van der Waals surface area contributed by atoms with Crippen LogP contribution in [-0.2, 0) is 9.59 Å². The summed E-state index contributed by atoms with van der Waals surface area (Å²) < 4.78 is 1.52. The topological polar surface area (TPSA) is 84.0 Å². The van der Waals surface area contributed by atoms with Crippen LogP contribution in [0.2, 0.25) is 0 Å². The molecule has 26 heavy (non-hydrogen) atoms. The molecule has 1 aliphatic rings. The Morgan fingerprint density at radius 3 is 2.42 bits per heavy atom. The molecule has 1 saturated carbocycles. The van der Waals surface area contributed by atoms with Crippen LogP contribution < -0.4 is 10.6 Å². The van der Waals surface area contributed by atoms with E-state index in [1.54, 1.807) is 0 Å². The average molecular weight is 417 g/mol. The fourth-order valence-electron chi connectivity index (χ4n) is 2.92. The van der Waals surface area contributed by atoms with E-state index in [2.05, 4.69) is 34.7 Å². The van der Waals surface area contributed by atoms with Gasteiger partial charge in [0.25, 0.3) is 0 Å². The summed E-state index contributed by atoms with van der Waals surface area (Å²) >= 11 is 4.22. The van der Waals surface area contributed by atoms with Crippen LogP contribution in [0, 0.1) is 11.8 Å². The van der Waals surface area contributed by atoms with E-state index < -0.39 is 0 Å². The lowest BCUT2D eigenvalue weighted by Gasteiger charge is -2.34. The first kappa shape index (κ1) is 21.5. The minimum absolute atomic E-state index is 0.0106. The van der Waals surface area contributed by atoms with Crippen molar-refractivity contribution < 1.29 is 9.59 Å². The molecular formula is C17H28N4O2S3. The molecule has 0 aromatic carbocycles. The van der Waals surface area contributed by atoms with Gasteiger partial charge >= 0.3 is 0 Å². The number of carbonyl (C=O) groups is 2. The number of amides is 2. The Kier molecular flexibility index (Phi) is 9.21. The lowest BCUT2D eigenvalue weighted by molar-refractivity contribution is -0.120. The molecule has 9 heteroatoms. The Bertz CT molecular complexity index is 596. The molecule has 1 aromatic heterocycles. The fraction of sp³-hybridized carbons (Fsp3) is 0.765. The minimum Gasteiger partial charge on any atom is -0.355 e. The third-order valence-electron chi connectivity index (χ3n) is 4.67. The lowest BCUT2D eigenvalue weighted by atomic mass is 9.78. The molecule has 1 aliphatic carbocycles. The zero-order valence-corrected chi connectivity index (χ0v) is 18.1. The van der Waals surface area contributed by atoms with Gasteiger partial charge in [0.2, 0.25) is 11.8 Å². The first-order valence-electron chi connectivity index (χ1n) is 9.14. The maximum absolute atomic E-state index is 12.2. The van der Waals surface area contributed by atoms with Crippen molar-refractivity contribution in [3.05, 3.63) is 0 Å². The maximum atomic E-state index is 12.2. The number of carbonyl (C=O) groups excluding carboxylic acids is 2. The maximum Gasteiger partial charge on any atom is 0.230 e. The van der Waals surface area contributed by atoms with E-state index >= 15 is 0 Å². The molecule has 146 valence electrons. The van der Waals surface area contributed by atoms with Crippen LogP contribution in [0.3, 0.4) is 0 Å². The SMILES string of the molecule is CCCNC(=O)CSc1nnc(SCC(=O)N[C@H]2CCC[C@@H](C)[C@@H]2C)s1. The molecule has 0 radical (unpaired) electrons. The van der Waals surface area contributed by atoms with Gasteiger partial charge in [-0.3, -0.25) is 9.59 Å². The quantitative estimate of drug-likeness (QED) is 0.602. The van der Waals surface area contributed by atoms with Gasteiger partial charge in [-0.05, 0) is 24.7 Å². The molecular weight excluding hydrogens is 388 g/mol. The van der Waals surface area contributed by atoms with E-state index in [4.69, 9.17) is 0 Å². The zero-order chi connectivity index (χ0) is 18.9. The Morgan fingerprint density at radius 2 is 1.77 bits per heavy atom. The van der Waals surface area contributed by atoms with Gasteiger partial charge in [0.1, 0.15) is 0 Å². The second-order valence-electron chi connectivity index (χ2n) is 6.70. The smallest absolute Gasteiger partial charge is 0.230 e. The zero-order valence-electron chi connectivity index (χ0n) is 15.6. The normalized spacial score (nSPS) is 22.8. The third kappa shape index (κ3) is 7.08. The van der Waals surface area contributed by atoms with Gasteiger partial charge in [0.15, 0.2) is 8.68 Å². The predicted molar refractivity (Wildman–Crippen MR) is 109 cm³/mol. The number of hydrogen-bond acceptors (Lipinski definition) is 7. The number of nitrogens with zero attached hydrogens (tertiary/aromatic N) is 2. The summed E-state index contributed by atoms with van der Waals surface area (Å²) in [6.45, 7) is 7.21. The van der Waals surface area contributed by atoms with E-state index in [9.17, 15) is 9.59 Å². The van der Waals surface area contributed by atoms with Crippen LogP contribution in [0.25, 0.3) is 0 Å². The van der Waals surface area contributed by atoms with Gasteiger partial charge in [-0.15, -0.1) is 10.2 Å². The molecule has 0 saturated heterocycles. The number of aromatic nitrogens is 2. The average Bonchev–Trinajstić information content (AvgIpc) is 3.08. The van der Waals surface area contributed by atoms with Gasteiger partial charge in [-0.25, -0.2) is 0 Å². The summed E-state index contributed by atoms with van der Waals surface area (Å²) in [5.74, 6) is 1.96. The lowest BCUT2D eigenvalue weighted by Crippen LogP contribution is -2.44. The minimum atomic E-state index is 0.0106.